The molecule has 120 valence electrons. The van der Waals surface area contributed by atoms with Gasteiger partial charge in [-0.25, -0.2) is 15.0 Å². The monoisotopic (exact) mass is 309 g/mol. The van der Waals surface area contributed by atoms with Crippen molar-refractivity contribution in [2.75, 3.05) is 12.4 Å². The van der Waals surface area contributed by atoms with Crippen LogP contribution in [-0.4, -0.2) is 30.8 Å². The maximum absolute atomic E-state index is 11.8. The molecule has 22 heavy (non-hydrogen) atoms. The van der Waals surface area contributed by atoms with Crippen LogP contribution in [0.5, 0.6) is 0 Å². The van der Waals surface area contributed by atoms with E-state index in [1.165, 1.54) is 31.4 Å². The Morgan fingerprint density at radius 1 is 0.955 bits per heavy atom. The molecule has 0 atom stereocenters. The standard InChI is InChI=1S/C14H19N3O5/c1-14(2,3)22-13(20)17-16-11(18)9-5-7-10(8-6-9)15-12(19)21-4/h5-8H,1-4H3,(H,15,19)(H,16,18)(H,17,20). The molecule has 0 aliphatic carbocycles. The number of anilines is 1. The molecule has 0 aliphatic rings. The number of hydrazine groups is 1. The SMILES string of the molecule is COC(=O)Nc1ccc(C(=O)NNC(=O)OC(C)(C)C)cc1. The van der Waals surface area contributed by atoms with Crippen LogP contribution in [0.4, 0.5) is 15.3 Å². The molecule has 8 heteroatoms. The lowest BCUT2D eigenvalue weighted by Gasteiger charge is -2.19. The summed E-state index contributed by atoms with van der Waals surface area (Å²) in [6.45, 7) is 5.13. The molecule has 0 heterocycles. The molecule has 3 amide bonds. The quantitative estimate of drug-likeness (QED) is 0.725. The molecule has 1 aromatic carbocycles. The lowest BCUT2D eigenvalue weighted by atomic mass is 10.2. The average Bonchev–Trinajstić information content (AvgIpc) is 2.43. The highest BCUT2D eigenvalue weighted by Crippen LogP contribution is 2.10. The third-order valence-electron chi connectivity index (χ3n) is 2.26. The smallest absolute Gasteiger partial charge is 0.426 e. The van der Waals surface area contributed by atoms with Crippen molar-refractivity contribution < 1.29 is 23.9 Å². The van der Waals surface area contributed by atoms with Crippen LogP contribution in [0.15, 0.2) is 24.3 Å². The number of amides is 3. The summed E-state index contributed by atoms with van der Waals surface area (Å²) < 4.78 is 9.42. The van der Waals surface area contributed by atoms with Crippen molar-refractivity contribution in [2.24, 2.45) is 0 Å². The Labute approximate surface area is 128 Å². The number of nitrogens with one attached hydrogen (secondary N) is 3. The summed E-state index contributed by atoms with van der Waals surface area (Å²) in [5, 5.41) is 2.45. The summed E-state index contributed by atoms with van der Waals surface area (Å²) >= 11 is 0. The van der Waals surface area contributed by atoms with Gasteiger partial charge in [0.15, 0.2) is 0 Å². The number of methoxy groups -OCH3 is 1. The van der Waals surface area contributed by atoms with Gasteiger partial charge in [-0.15, -0.1) is 0 Å². The summed E-state index contributed by atoms with van der Waals surface area (Å²) in [5.41, 5.74) is 4.48. The summed E-state index contributed by atoms with van der Waals surface area (Å²) in [4.78, 5) is 34.2. The van der Waals surface area contributed by atoms with Gasteiger partial charge in [-0.3, -0.25) is 15.5 Å². The summed E-state index contributed by atoms with van der Waals surface area (Å²) in [6.07, 6.45) is -1.37. The van der Waals surface area contributed by atoms with Crippen LogP contribution in [0.3, 0.4) is 0 Å². The van der Waals surface area contributed by atoms with Crippen molar-refractivity contribution in [3.8, 4) is 0 Å². The van der Waals surface area contributed by atoms with Gasteiger partial charge in [-0.1, -0.05) is 0 Å². The summed E-state index contributed by atoms with van der Waals surface area (Å²) in [6, 6.07) is 6.02. The van der Waals surface area contributed by atoms with E-state index in [-0.39, 0.29) is 0 Å². The Morgan fingerprint density at radius 2 is 1.55 bits per heavy atom. The van der Waals surface area contributed by atoms with Gasteiger partial charge in [0.1, 0.15) is 5.60 Å². The van der Waals surface area contributed by atoms with E-state index in [9.17, 15) is 14.4 Å². The second kappa shape index (κ2) is 7.30. The maximum atomic E-state index is 11.8. The van der Waals surface area contributed by atoms with Crippen molar-refractivity contribution in [1.29, 1.82) is 0 Å². The lowest BCUT2D eigenvalue weighted by Crippen LogP contribution is -2.44. The zero-order chi connectivity index (χ0) is 16.8. The van der Waals surface area contributed by atoms with E-state index in [2.05, 4.69) is 20.9 Å². The van der Waals surface area contributed by atoms with Crippen molar-refractivity contribution >= 4 is 23.8 Å². The first-order chi connectivity index (χ1) is 10.2. The second-order valence-corrected chi connectivity index (χ2v) is 5.27. The van der Waals surface area contributed by atoms with Crippen LogP contribution in [0, 0.1) is 0 Å². The summed E-state index contributed by atoms with van der Waals surface area (Å²) in [5.74, 6) is -0.518. The Hall–Kier alpha value is -2.77. The number of carbonyl (C=O) groups is 3. The zero-order valence-corrected chi connectivity index (χ0v) is 12.9. The van der Waals surface area contributed by atoms with Crippen molar-refractivity contribution in [3.63, 3.8) is 0 Å². The topological polar surface area (TPSA) is 106 Å². The number of rotatable bonds is 2. The molecule has 1 rings (SSSR count). The molecule has 3 N–H and O–H groups in total. The third-order valence-corrected chi connectivity index (χ3v) is 2.26. The minimum Gasteiger partial charge on any atom is -0.453 e. The largest absolute Gasteiger partial charge is 0.453 e. The van der Waals surface area contributed by atoms with Gasteiger partial charge >= 0.3 is 12.2 Å². The van der Waals surface area contributed by atoms with Gasteiger partial charge < -0.3 is 9.47 Å². The number of benzene rings is 1. The van der Waals surface area contributed by atoms with Crippen molar-refractivity contribution in [3.05, 3.63) is 29.8 Å². The molecule has 8 nitrogen and oxygen atoms in total. The molecule has 0 aliphatic heterocycles. The number of carbonyl (C=O) groups excluding carboxylic acids is 3. The van der Waals surface area contributed by atoms with E-state index in [0.717, 1.165) is 0 Å². The average molecular weight is 309 g/mol. The van der Waals surface area contributed by atoms with Gasteiger partial charge in [0.05, 0.1) is 7.11 Å². The molecule has 0 bridgehead atoms. The molecular weight excluding hydrogens is 290 g/mol. The molecule has 0 aromatic heterocycles. The van der Waals surface area contributed by atoms with Gasteiger partial charge in [0.2, 0.25) is 0 Å². The second-order valence-electron chi connectivity index (χ2n) is 5.27. The normalized spacial score (nSPS) is 10.4. The predicted octanol–water partition coefficient (Wildman–Crippen LogP) is 2.03. The number of hydrogen-bond donors (Lipinski definition) is 3. The third kappa shape index (κ3) is 6.12. The summed E-state index contributed by atoms with van der Waals surface area (Å²) in [7, 11) is 1.25. The van der Waals surface area contributed by atoms with Crippen LogP contribution in [0.25, 0.3) is 0 Å². The lowest BCUT2D eigenvalue weighted by molar-refractivity contribution is 0.0483. The van der Waals surface area contributed by atoms with Crippen LogP contribution in [0.1, 0.15) is 31.1 Å². The fourth-order valence-electron chi connectivity index (χ4n) is 1.36. The fraction of sp³-hybridized carbons (Fsp3) is 0.357. The molecule has 0 fully saturated rings. The Morgan fingerprint density at radius 3 is 2.05 bits per heavy atom. The minimum absolute atomic E-state index is 0.298. The molecule has 1 aromatic rings. The van der Waals surface area contributed by atoms with Gasteiger partial charge in [0, 0.05) is 11.3 Å². The van der Waals surface area contributed by atoms with Crippen LogP contribution in [-0.2, 0) is 9.47 Å². The predicted molar refractivity (Wildman–Crippen MR) is 79.3 cm³/mol. The van der Waals surface area contributed by atoms with E-state index in [0.29, 0.717) is 11.3 Å². The van der Waals surface area contributed by atoms with E-state index < -0.39 is 23.7 Å². The van der Waals surface area contributed by atoms with Crippen LogP contribution >= 0.6 is 0 Å². The van der Waals surface area contributed by atoms with Gasteiger partial charge in [-0.05, 0) is 45.0 Å². The Bertz CT molecular complexity index is 549. The highest BCUT2D eigenvalue weighted by Gasteiger charge is 2.16. The molecule has 0 unspecified atom stereocenters. The van der Waals surface area contributed by atoms with Crippen LogP contribution < -0.4 is 16.2 Å². The first kappa shape index (κ1) is 17.3. The first-order valence-electron chi connectivity index (χ1n) is 6.45. The molecule has 0 spiro atoms. The van der Waals surface area contributed by atoms with Crippen LogP contribution in [0.2, 0.25) is 0 Å². The molecule has 0 saturated carbocycles. The Balaban J connectivity index is 2.52. The first-order valence-corrected chi connectivity index (χ1v) is 6.45. The number of ether oxygens (including phenoxy) is 2. The zero-order valence-electron chi connectivity index (χ0n) is 12.9. The fourth-order valence-corrected chi connectivity index (χ4v) is 1.36. The van der Waals surface area contributed by atoms with Gasteiger partial charge in [0.25, 0.3) is 5.91 Å². The van der Waals surface area contributed by atoms with Gasteiger partial charge in [-0.2, -0.15) is 0 Å². The van der Waals surface area contributed by atoms with E-state index in [4.69, 9.17) is 4.74 Å². The van der Waals surface area contributed by atoms with E-state index >= 15 is 0 Å². The van der Waals surface area contributed by atoms with E-state index in [1.807, 2.05) is 0 Å². The minimum atomic E-state index is -0.759. The molecule has 0 radical (unpaired) electrons. The van der Waals surface area contributed by atoms with E-state index in [1.54, 1.807) is 20.8 Å². The molecule has 0 saturated heterocycles. The highest BCUT2D eigenvalue weighted by molar-refractivity contribution is 5.95. The van der Waals surface area contributed by atoms with Crippen molar-refractivity contribution in [1.82, 2.24) is 10.9 Å². The number of hydrogen-bond acceptors (Lipinski definition) is 5. The highest BCUT2D eigenvalue weighted by atomic mass is 16.6. The maximum Gasteiger partial charge on any atom is 0.426 e. The molecular formula is C14H19N3O5. The van der Waals surface area contributed by atoms with Crippen molar-refractivity contribution in [2.45, 2.75) is 26.4 Å². The Kier molecular flexibility index (Phi) is 5.73.